The molecular formula is C31H54N2O18S2. The van der Waals surface area contributed by atoms with E-state index in [0.717, 1.165) is 0 Å². The number of alkyl carbamates (subject to hydrolysis) is 2. The first-order chi connectivity index (χ1) is 24.0. The van der Waals surface area contributed by atoms with Crippen LogP contribution in [0, 0.1) is 22.7 Å². The second-order valence-corrected chi connectivity index (χ2v) is 17.9. The number of carbonyl (C=O) groups is 6. The third kappa shape index (κ3) is 22.1. The number of carbonyl (C=O) groups excluding carboxylic acids is 4. The molecule has 0 saturated heterocycles. The molecule has 0 saturated carbocycles. The van der Waals surface area contributed by atoms with Crippen molar-refractivity contribution < 1.29 is 83.1 Å². The zero-order chi connectivity index (χ0) is 41.5. The van der Waals surface area contributed by atoms with Crippen LogP contribution in [-0.4, -0.2) is 112 Å². The van der Waals surface area contributed by atoms with Crippen LogP contribution in [0.3, 0.4) is 0 Å². The lowest BCUT2D eigenvalue weighted by atomic mass is 9.86. The highest BCUT2D eigenvalue weighted by Crippen LogP contribution is 2.26. The number of hydrogen-bond acceptors (Lipinski definition) is 16. The molecule has 0 aromatic heterocycles. The van der Waals surface area contributed by atoms with Crippen LogP contribution >= 0.6 is 0 Å². The molecule has 4 atom stereocenters. The average Bonchev–Trinajstić information content (AvgIpc) is 2.97. The van der Waals surface area contributed by atoms with Gasteiger partial charge in [0.15, 0.2) is 0 Å². The normalized spacial score (nSPS) is 14.7. The van der Waals surface area contributed by atoms with E-state index in [1.807, 2.05) is 0 Å². The number of rotatable bonds is 24. The second kappa shape index (κ2) is 21.2. The number of esters is 2. The van der Waals surface area contributed by atoms with Gasteiger partial charge in [-0.05, 0) is 30.1 Å². The van der Waals surface area contributed by atoms with E-state index in [1.54, 1.807) is 27.7 Å². The molecule has 0 rings (SSSR count). The summed E-state index contributed by atoms with van der Waals surface area (Å²) >= 11 is 0. The molecule has 53 heavy (non-hydrogen) atoms. The van der Waals surface area contributed by atoms with Crippen molar-refractivity contribution in [2.45, 2.75) is 113 Å². The van der Waals surface area contributed by atoms with Gasteiger partial charge in [0, 0.05) is 13.8 Å². The summed E-state index contributed by atoms with van der Waals surface area (Å²) in [6.07, 6.45) is -6.13. The lowest BCUT2D eigenvalue weighted by Crippen LogP contribution is -2.45. The van der Waals surface area contributed by atoms with Gasteiger partial charge in [0.05, 0.1) is 36.6 Å². The van der Waals surface area contributed by atoms with Crippen molar-refractivity contribution in [3.63, 3.8) is 0 Å². The molecule has 2 unspecified atom stereocenters. The summed E-state index contributed by atoms with van der Waals surface area (Å²) in [6, 6.07) is -3.10. The van der Waals surface area contributed by atoms with Gasteiger partial charge in [-0.2, -0.15) is 16.8 Å². The van der Waals surface area contributed by atoms with Gasteiger partial charge < -0.3 is 39.8 Å². The molecule has 308 valence electrons. The fraction of sp³-hybridized carbons (Fsp3) is 0.806. The second-order valence-electron chi connectivity index (χ2n) is 14.3. The molecule has 0 bridgehead atoms. The van der Waals surface area contributed by atoms with E-state index >= 15 is 0 Å². The van der Waals surface area contributed by atoms with E-state index in [1.165, 1.54) is 41.5 Å². The van der Waals surface area contributed by atoms with Crippen molar-refractivity contribution in [1.29, 1.82) is 0 Å². The number of amides is 2. The van der Waals surface area contributed by atoms with E-state index in [2.05, 4.69) is 10.6 Å². The van der Waals surface area contributed by atoms with Crippen LogP contribution in [0.2, 0.25) is 0 Å². The summed E-state index contributed by atoms with van der Waals surface area (Å²) in [5.41, 5.74) is -2.31. The van der Waals surface area contributed by atoms with E-state index in [4.69, 9.17) is 27.3 Å². The molecule has 4 N–H and O–H groups in total. The van der Waals surface area contributed by atoms with Crippen LogP contribution in [0.25, 0.3) is 0 Å². The van der Waals surface area contributed by atoms with Gasteiger partial charge in [-0.3, -0.25) is 18.0 Å². The lowest BCUT2D eigenvalue weighted by molar-refractivity contribution is -0.170. The predicted molar refractivity (Wildman–Crippen MR) is 184 cm³/mol. The van der Waals surface area contributed by atoms with Crippen LogP contribution < -0.4 is 10.6 Å². The summed E-state index contributed by atoms with van der Waals surface area (Å²) in [5, 5.41) is 23.4. The number of nitrogens with one attached hydrogen (secondary N) is 2. The molecule has 20 nitrogen and oxygen atoms in total. The molecule has 0 heterocycles. The Morgan fingerprint density at radius 1 is 0.566 bits per heavy atom. The Balaban J connectivity index is 5.02. The largest absolute Gasteiger partial charge is 0.480 e. The average molecular weight is 807 g/mol. The third-order valence-electron chi connectivity index (χ3n) is 6.79. The van der Waals surface area contributed by atoms with Gasteiger partial charge in [-0.25, -0.2) is 19.2 Å². The maximum absolute atomic E-state index is 12.5. The van der Waals surface area contributed by atoms with Crippen LogP contribution in [-0.2, 0) is 66.7 Å². The Morgan fingerprint density at radius 2 is 0.868 bits per heavy atom. The molecule has 0 aromatic rings. The quantitative estimate of drug-likeness (QED) is 0.0618. The standard InChI is InChI=1S/C31H54N2O18S2/c1-18(2)26(38)48-20(5)50-28(40)32-22(24(34)35)14-30(7,8)16-46-52(42,43)12-11-13-53(44,45)47-17-31(9,10)15-23(25(36)37)33-29(41)51-21(6)49-27(39)19(3)4/h18-23H,11-17H2,1-10H3,(H,32,40)(H,33,41)(H,34,35)(H,36,37)/t20?,21?,22-,23-/m1/s1. The Hall–Kier alpha value is -3.76. The van der Waals surface area contributed by atoms with Gasteiger partial charge in [-0.15, -0.1) is 0 Å². The van der Waals surface area contributed by atoms with Crippen molar-refractivity contribution >= 4 is 56.3 Å². The molecule has 0 aromatic carbocycles. The minimum absolute atomic E-state index is 0.322. The number of ether oxygens (including phenoxy) is 4. The summed E-state index contributed by atoms with van der Waals surface area (Å²) in [5.74, 6) is -6.74. The van der Waals surface area contributed by atoms with Gasteiger partial charge in [0.1, 0.15) is 12.1 Å². The summed E-state index contributed by atoms with van der Waals surface area (Å²) in [4.78, 5) is 71.2. The molecule has 2 amide bonds. The number of carboxylic acids is 2. The molecule has 0 aliphatic rings. The first-order valence-electron chi connectivity index (χ1n) is 16.5. The fourth-order valence-electron chi connectivity index (χ4n) is 3.95. The third-order valence-corrected chi connectivity index (χ3v) is 9.33. The Kier molecular flexibility index (Phi) is 19.7. The minimum Gasteiger partial charge on any atom is -0.480 e. The van der Waals surface area contributed by atoms with Crippen LogP contribution in [0.5, 0.6) is 0 Å². The lowest BCUT2D eigenvalue weighted by Gasteiger charge is -2.28. The Labute approximate surface area is 310 Å². The highest BCUT2D eigenvalue weighted by molar-refractivity contribution is 7.87. The molecule has 22 heteroatoms. The highest BCUT2D eigenvalue weighted by atomic mass is 32.2. The van der Waals surface area contributed by atoms with E-state index in [9.17, 15) is 55.8 Å². The minimum atomic E-state index is -4.32. The fourth-order valence-corrected chi connectivity index (χ4v) is 6.36. The Bertz CT molecular complexity index is 1380. The predicted octanol–water partition coefficient (Wildman–Crippen LogP) is 2.35. The molecule has 0 fully saturated rings. The first-order valence-corrected chi connectivity index (χ1v) is 19.7. The zero-order valence-electron chi connectivity index (χ0n) is 31.7. The summed E-state index contributed by atoms with van der Waals surface area (Å²) in [7, 11) is -8.65. The van der Waals surface area contributed by atoms with Gasteiger partial charge >= 0.3 is 36.1 Å². The molecule has 0 aliphatic carbocycles. The monoisotopic (exact) mass is 806 g/mol. The summed E-state index contributed by atoms with van der Waals surface area (Å²) < 4.78 is 79.6. The zero-order valence-corrected chi connectivity index (χ0v) is 33.3. The van der Waals surface area contributed by atoms with Gasteiger partial charge in [0.2, 0.25) is 12.6 Å². The van der Waals surface area contributed by atoms with Crippen molar-refractivity contribution in [2.75, 3.05) is 24.7 Å². The van der Waals surface area contributed by atoms with Crippen LogP contribution in [0.4, 0.5) is 9.59 Å². The molecular weight excluding hydrogens is 752 g/mol. The van der Waals surface area contributed by atoms with E-state index in [-0.39, 0.29) is 12.8 Å². The van der Waals surface area contributed by atoms with Crippen molar-refractivity contribution in [2.24, 2.45) is 22.7 Å². The SMILES string of the molecule is CC(OC(=O)N[C@H](CC(C)(C)COS(=O)(=O)CCCS(=O)(=O)OCC(C)(C)C[C@@H](NC(=O)OC(C)OC(=O)C(C)C)C(=O)O)C(=O)O)OC(=O)C(C)C. The van der Waals surface area contributed by atoms with Crippen LogP contribution in [0.15, 0.2) is 0 Å². The van der Waals surface area contributed by atoms with Crippen molar-refractivity contribution in [3.8, 4) is 0 Å². The molecule has 0 spiro atoms. The van der Waals surface area contributed by atoms with E-state index < -0.39 is 135 Å². The Morgan fingerprint density at radius 3 is 1.13 bits per heavy atom. The molecule has 0 aliphatic heterocycles. The van der Waals surface area contributed by atoms with Crippen molar-refractivity contribution in [3.05, 3.63) is 0 Å². The number of hydrogen-bond donors (Lipinski definition) is 4. The number of aliphatic carboxylic acids is 2. The van der Waals surface area contributed by atoms with E-state index in [0.29, 0.717) is 0 Å². The van der Waals surface area contributed by atoms with Crippen LogP contribution in [0.1, 0.15) is 88.5 Å². The topological polar surface area (TPSA) is 291 Å². The summed E-state index contributed by atoms with van der Waals surface area (Å²) in [6.45, 7) is 13.6. The highest BCUT2D eigenvalue weighted by Gasteiger charge is 2.34. The van der Waals surface area contributed by atoms with Crippen molar-refractivity contribution in [1.82, 2.24) is 10.6 Å². The molecule has 0 radical (unpaired) electrons. The van der Waals surface area contributed by atoms with Gasteiger partial charge in [-0.1, -0.05) is 55.4 Å². The maximum atomic E-state index is 12.5. The van der Waals surface area contributed by atoms with Gasteiger partial charge in [0.25, 0.3) is 20.2 Å². The maximum Gasteiger partial charge on any atom is 0.410 e. The smallest absolute Gasteiger partial charge is 0.410 e. The number of carboxylic acid groups (broad SMARTS) is 2. The first kappa shape index (κ1) is 49.2.